The summed E-state index contributed by atoms with van der Waals surface area (Å²) in [6.07, 6.45) is 3.52. The van der Waals surface area contributed by atoms with Crippen molar-refractivity contribution in [3.8, 4) is 0 Å². The first-order chi connectivity index (χ1) is 13.5. The molecule has 7 heteroatoms. The van der Waals surface area contributed by atoms with Crippen molar-refractivity contribution in [3.05, 3.63) is 35.4 Å². The van der Waals surface area contributed by atoms with Crippen molar-refractivity contribution in [1.29, 1.82) is 0 Å². The third kappa shape index (κ3) is 3.39. The van der Waals surface area contributed by atoms with Crippen molar-refractivity contribution in [3.63, 3.8) is 0 Å². The highest BCUT2D eigenvalue weighted by Crippen LogP contribution is 2.33. The minimum atomic E-state index is -0.801. The molecule has 2 fully saturated rings. The molecule has 1 aromatic carbocycles. The van der Waals surface area contributed by atoms with Crippen LogP contribution in [0, 0.1) is 5.92 Å². The second-order valence-corrected chi connectivity index (χ2v) is 8.12. The number of nitrogens with one attached hydrogen (secondary N) is 2. The van der Waals surface area contributed by atoms with Crippen LogP contribution in [0.25, 0.3) is 0 Å². The van der Waals surface area contributed by atoms with Gasteiger partial charge in [-0.2, -0.15) is 0 Å². The lowest BCUT2D eigenvalue weighted by molar-refractivity contribution is -0.134. The Labute approximate surface area is 165 Å². The monoisotopic (exact) mass is 384 g/mol. The second-order valence-electron chi connectivity index (χ2n) is 8.12. The predicted octanol–water partition coefficient (Wildman–Crippen LogP) is 1.27. The van der Waals surface area contributed by atoms with Crippen molar-refractivity contribution in [2.45, 2.75) is 44.6 Å². The number of fused-ring (bicyclic) bond motifs is 1. The van der Waals surface area contributed by atoms with Gasteiger partial charge in [0.15, 0.2) is 0 Å². The highest BCUT2D eigenvalue weighted by atomic mass is 16.2. The second kappa shape index (κ2) is 7.54. The maximum Gasteiger partial charge on any atom is 0.326 e. The summed E-state index contributed by atoms with van der Waals surface area (Å²) in [6.45, 7) is 4.30. The number of likely N-dealkylation sites (tertiary alicyclic amines) is 1. The summed E-state index contributed by atoms with van der Waals surface area (Å²) in [5, 5.41) is 5.87. The third-order valence-corrected chi connectivity index (χ3v) is 6.33. The summed E-state index contributed by atoms with van der Waals surface area (Å²) in [5.74, 6) is 0.0234. The standard InChI is InChI=1S/C21H28N4O3/c1-2-22-18(26)16-8-11-24(12-9-16)14-25-19(27)21(23-20(25)28)10-7-15-5-3-4-6-17(15)13-21/h3-6,16H,2,7-14H2,1H3,(H,22,26)(H,23,28). The van der Waals surface area contributed by atoms with Gasteiger partial charge in [-0.05, 0) is 43.7 Å². The highest BCUT2D eigenvalue weighted by Gasteiger charge is 2.52. The zero-order chi connectivity index (χ0) is 19.7. The lowest BCUT2D eigenvalue weighted by Gasteiger charge is -2.34. The fraction of sp³-hybridized carbons (Fsp3) is 0.571. The van der Waals surface area contributed by atoms with E-state index in [1.807, 2.05) is 25.1 Å². The molecule has 2 saturated heterocycles. The molecule has 2 N–H and O–H groups in total. The highest BCUT2D eigenvalue weighted by molar-refractivity contribution is 6.07. The minimum Gasteiger partial charge on any atom is -0.356 e. The van der Waals surface area contributed by atoms with Crippen molar-refractivity contribution >= 4 is 17.8 Å². The Hall–Kier alpha value is -2.41. The summed E-state index contributed by atoms with van der Waals surface area (Å²) >= 11 is 0. The summed E-state index contributed by atoms with van der Waals surface area (Å²) in [6, 6.07) is 7.85. The first kappa shape index (κ1) is 18.9. The van der Waals surface area contributed by atoms with E-state index in [1.165, 1.54) is 10.5 Å². The summed E-state index contributed by atoms with van der Waals surface area (Å²) in [5.41, 5.74) is 1.61. The van der Waals surface area contributed by atoms with E-state index in [1.54, 1.807) is 0 Å². The fourth-order valence-corrected chi connectivity index (χ4v) is 4.68. The van der Waals surface area contributed by atoms with Crippen molar-refractivity contribution < 1.29 is 14.4 Å². The van der Waals surface area contributed by atoms with Crippen LogP contribution in [0.5, 0.6) is 0 Å². The summed E-state index contributed by atoms with van der Waals surface area (Å²) in [4.78, 5) is 41.3. The van der Waals surface area contributed by atoms with Gasteiger partial charge in [0.2, 0.25) is 5.91 Å². The molecule has 2 heterocycles. The number of hydrogen-bond acceptors (Lipinski definition) is 4. The molecule has 1 spiro atoms. The molecule has 0 aromatic heterocycles. The average Bonchev–Trinajstić information content (AvgIpc) is 2.92. The first-order valence-corrected chi connectivity index (χ1v) is 10.2. The Morgan fingerprint density at radius 2 is 1.93 bits per heavy atom. The number of imide groups is 1. The number of rotatable bonds is 4. The average molecular weight is 384 g/mol. The van der Waals surface area contributed by atoms with E-state index in [-0.39, 0.29) is 23.8 Å². The number of carbonyl (C=O) groups excluding carboxylic acids is 3. The smallest absolute Gasteiger partial charge is 0.326 e. The minimum absolute atomic E-state index is 0.0282. The Bertz CT molecular complexity index is 788. The number of aryl methyl sites for hydroxylation is 1. The van der Waals surface area contributed by atoms with Crippen LogP contribution in [-0.4, -0.2) is 59.5 Å². The van der Waals surface area contributed by atoms with Crippen molar-refractivity contribution in [1.82, 2.24) is 20.4 Å². The summed E-state index contributed by atoms with van der Waals surface area (Å²) in [7, 11) is 0. The van der Waals surface area contributed by atoms with Gasteiger partial charge in [-0.15, -0.1) is 0 Å². The van der Waals surface area contributed by atoms with E-state index in [0.29, 0.717) is 39.1 Å². The molecule has 1 unspecified atom stereocenters. The lowest BCUT2D eigenvalue weighted by atomic mass is 9.78. The zero-order valence-electron chi connectivity index (χ0n) is 16.4. The number of benzene rings is 1. The van der Waals surface area contributed by atoms with Crippen LogP contribution < -0.4 is 10.6 Å². The van der Waals surface area contributed by atoms with Crippen LogP contribution in [0.4, 0.5) is 4.79 Å². The molecule has 1 atom stereocenters. The van der Waals surface area contributed by atoms with Crippen LogP contribution in [0.15, 0.2) is 24.3 Å². The van der Waals surface area contributed by atoms with Gasteiger partial charge in [-0.25, -0.2) is 9.69 Å². The molecule has 3 aliphatic rings. The molecular formula is C21H28N4O3. The molecule has 7 nitrogen and oxygen atoms in total. The van der Waals surface area contributed by atoms with Gasteiger partial charge < -0.3 is 10.6 Å². The van der Waals surface area contributed by atoms with Gasteiger partial charge in [0, 0.05) is 32.0 Å². The van der Waals surface area contributed by atoms with Crippen LogP contribution in [0.2, 0.25) is 0 Å². The molecule has 2 aliphatic heterocycles. The van der Waals surface area contributed by atoms with Gasteiger partial charge in [0.25, 0.3) is 5.91 Å². The topological polar surface area (TPSA) is 81.8 Å². The van der Waals surface area contributed by atoms with Gasteiger partial charge >= 0.3 is 6.03 Å². The summed E-state index contributed by atoms with van der Waals surface area (Å²) < 4.78 is 0. The molecule has 1 aromatic rings. The third-order valence-electron chi connectivity index (χ3n) is 6.33. The Kier molecular flexibility index (Phi) is 5.10. The molecule has 4 rings (SSSR count). The molecule has 0 saturated carbocycles. The van der Waals surface area contributed by atoms with Crippen molar-refractivity contribution in [2.24, 2.45) is 5.92 Å². The van der Waals surface area contributed by atoms with Gasteiger partial charge in [-0.1, -0.05) is 24.3 Å². The van der Waals surface area contributed by atoms with E-state index >= 15 is 0 Å². The van der Waals surface area contributed by atoms with Gasteiger partial charge in [0.1, 0.15) is 5.54 Å². The molecule has 1 aliphatic carbocycles. The van der Waals surface area contributed by atoms with E-state index in [2.05, 4.69) is 21.6 Å². The van der Waals surface area contributed by atoms with Crippen molar-refractivity contribution in [2.75, 3.05) is 26.3 Å². The molecule has 0 bridgehead atoms. The predicted molar refractivity (Wildman–Crippen MR) is 104 cm³/mol. The quantitative estimate of drug-likeness (QED) is 0.766. The van der Waals surface area contributed by atoms with E-state index in [9.17, 15) is 14.4 Å². The largest absolute Gasteiger partial charge is 0.356 e. The zero-order valence-corrected chi connectivity index (χ0v) is 16.4. The maximum absolute atomic E-state index is 13.2. The number of urea groups is 1. The SMILES string of the molecule is CCNC(=O)C1CCN(CN2C(=O)NC3(CCc4ccccc4C3)C2=O)CC1. The van der Waals surface area contributed by atoms with Crippen LogP contribution in [0.1, 0.15) is 37.3 Å². The number of nitrogens with zero attached hydrogens (tertiary/aromatic N) is 2. The Balaban J connectivity index is 1.39. The van der Waals surface area contributed by atoms with E-state index < -0.39 is 5.54 Å². The number of amides is 4. The van der Waals surface area contributed by atoms with Crippen LogP contribution >= 0.6 is 0 Å². The number of carbonyl (C=O) groups is 3. The van der Waals surface area contributed by atoms with E-state index in [4.69, 9.17) is 0 Å². The Morgan fingerprint density at radius 1 is 1.21 bits per heavy atom. The number of hydrogen-bond donors (Lipinski definition) is 2. The molecule has 28 heavy (non-hydrogen) atoms. The lowest BCUT2D eigenvalue weighted by Crippen LogP contribution is -2.52. The van der Waals surface area contributed by atoms with Gasteiger partial charge in [0.05, 0.1) is 6.67 Å². The Morgan fingerprint density at radius 3 is 2.64 bits per heavy atom. The van der Waals surface area contributed by atoms with E-state index in [0.717, 1.165) is 24.8 Å². The number of piperidine rings is 1. The fourth-order valence-electron chi connectivity index (χ4n) is 4.68. The normalized spacial score (nSPS) is 25.7. The molecular weight excluding hydrogens is 356 g/mol. The molecule has 0 radical (unpaired) electrons. The van der Waals surface area contributed by atoms with Gasteiger partial charge in [-0.3, -0.25) is 14.5 Å². The molecule has 4 amide bonds. The van der Waals surface area contributed by atoms with Crippen LogP contribution in [0.3, 0.4) is 0 Å². The first-order valence-electron chi connectivity index (χ1n) is 10.2. The maximum atomic E-state index is 13.2. The van der Waals surface area contributed by atoms with Crippen LogP contribution in [-0.2, 0) is 22.4 Å². The molecule has 150 valence electrons.